The summed E-state index contributed by atoms with van der Waals surface area (Å²) in [5.74, 6) is 0.228. The Kier molecular flexibility index (Phi) is 4.86. The van der Waals surface area contributed by atoms with Gasteiger partial charge in [0.1, 0.15) is 0 Å². The lowest BCUT2D eigenvalue weighted by atomic mass is 10.0. The molecule has 1 atom stereocenters. The first-order valence-corrected chi connectivity index (χ1v) is 7.93. The topological polar surface area (TPSA) is 32.3 Å². The van der Waals surface area contributed by atoms with Crippen molar-refractivity contribution in [2.45, 2.75) is 25.4 Å². The number of nitrogens with one attached hydrogen (secondary N) is 1. The van der Waals surface area contributed by atoms with E-state index in [0.29, 0.717) is 6.54 Å². The number of carbonyl (C=O) groups is 1. The van der Waals surface area contributed by atoms with Gasteiger partial charge in [0.25, 0.3) is 0 Å². The third-order valence-electron chi connectivity index (χ3n) is 4.16. The van der Waals surface area contributed by atoms with Crippen LogP contribution in [0.25, 0.3) is 0 Å². The summed E-state index contributed by atoms with van der Waals surface area (Å²) in [7, 11) is 0. The van der Waals surface area contributed by atoms with Crippen LogP contribution in [0, 0.1) is 0 Å². The number of piperazine rings is 1. The molecule has 2 aromatic carbocycles. The third-order valence-corrected chi connectivity index (χ3v) is 4.16. The Labute approximate surface area is 132 Å². The molecule has 0 bridgehead atoms. The number of nitrogens with zero attached hydrogens (tertiary/aromatic N) is 1. The van der Waals surface area contributed by atoms with Gasteiger partial charge in [-0.05, 0) is 24.0 Å². The lowest BCUT2D eigenvalue weighted by Crippen LogP contribution is -2.54. The summed E-state index contributed by atoms with van der Waals surface area (Å²) in [6.45, 7) is 2.37. The van der Waals surface area contributed by atoms with Crippen molar-refractivity contribution in [1.29, 1.82) is 0 Å². The van der Waals surface area contributed by atoms with Crippen molar-refractivity contribution in [3.8, 4) is 0 Å². The highest BCUT2D eigenvalue weighted by Crippen LogP contribution is 2.13. The lowest BCUT2D eigenvalue weighted by molar-refractivity contribution is -0.136. The molecular weight excluding hydrogens is 272 g/mol. The van der Waals surface area contributed by atoms with Gasteiger partial charge in [0.2, 0.25) is 5.91 Å². The second kappa shape index (κ2) is 7.23. The molecule has 1 aliphatic rings. The molecular formula is C19H22N2O. The fourth-order valence-corrected chi connectivity index (χ4v) is 2.93. The Balaban J connectivity index is 1.58. The molecule has 0 aliphatic carbocycles. The van der Waals surface area contributed by atoms with Gasteiger partial charge >= 0.3 is 0 Å². The van der Waals surface area contributed by atoms with Gasteiger partial charge in [-0.25, -0.2) is 0 Å². The second-order valence-electron chi connectivity index (χ2n) is 5.78. The molecule has 2 aromatic rings. The van der Waals surface area contributed by atoms with E-state index in [1.54, 1.807) is 0 Å². The van der Waals surface area contributed by atoms with Crippen molar-refractivity contribution in [2.75, 3.05) is 13.1 Å². The molecule has 1 saturated heterocycles. The lowest BCUT2D eigenvalue weighted by Gasteiger charge is -2.33. The molecule has 0 radical (unpaired) electrons. The standard InChI is InChI=1S/C19H22N2O/c22-19-18(12-11-16-7-3-1-4-8-16)20-13-14-21(19)15-17-9-5-2-6-10-17/h1-10,18,20H,11-15H2/t18-/m0/s1. The molecule has 0 saturated carbocycles. The predicted octanol–water partition coefficient (Wildman–Crippen LogP) is 2.62. The number of rotatable bonds is 5. The molecule has 3 heteroatoms. The fraction of sp³-hybridized carbons (Fsp3) is 0.316. The Morgan fingerprint density at radius 2 is 1.59 bits per heavy atom. The van der Waals surface area contributed by atoms with Crippen LogP contribution in [-0.2, 0) is 17.8 Å². The molecule has 1 N–H and O–H groups in total. The summed E-state index contributed by atoms with van der Waals surface area (Å²) in [5, 5.41) is 3.36. The first-order valence-electron chi connectivity index (χ1n) is 7.93. The van der Waals surface area contributed by atoms with Crippen molar-refractivity contribution < 1.29 is 4.79 Å². The minimum Gasteiger partial charge on any atom is -0.336 e. The largest absolute Gasteiger partial charge is 0.336 e. The molecule has 3 rings (SSSR count). The normalized spacial score (nSPS) is 18.5. The zero-order valence-electron chi connectivity index (χ0n) is 12.7. The number of carbonyl (C=O) groups excluding carboxylic acids is 1. The molecule has 0 spiro atoms. The van der Waals surface area contributed by atoms with Crippen molar-refractivity contribution in [3.05, 3.63) is 71.8 Å². The van der Waals surface area contributed by atoms with E-state index in [-0.39, 0.29) is 11.9 Å². The van der Waals surface area contributed by atoms with E-state index in [2.05, 4.69) is 29.6 Å². The van der Waals surface area contributed by atoms with Crippen LogP contribution in [0.2, 0.25) is 0 Å². The predicted molar refractivity (Wildman–Crippen MR) is 88.4 cm³/mol. The fourth-order valence-electron chi connectivity index (χ4n) is 2.93. The molecule has 22 heavy (non-hydrogen) atoms. The number of hydrogen-bond acceptors (Lipinski definition) is 2. The van der Waals surface area contributed by atoms with Gasteiger partial charge < -0.3 is 10.2 Å². The smallest absolute Gasteiger partial charge is 0.240 e. The number of aryl methyl sites for hydroxylation is 1. The zero-order valence-corrected chi connectivity index (χ0v) is 12.7. The highest BCUT2D eigenvalue weighted by molar-refractivity contribution is 5.82. The van der Waals surface area contributed by atoms with Crippen LogP contribution in [-0.4, -0.2) is 29.9 Å². The summed E-state index contributed by atoms with van der Waals surface area (Å²) in [5.41, 5.74) is 2.48. The summed E-state index contributed by atoms with van der Waals surface area (Å²) in [6.07, 6.45) is 1.79. The van der Waals surface area contributed by atoms with Crippen molar-refractivity contribution in [1.82, 2.24) is 10.2 Å². The van der Waals surface area contributed by atoms with E-state index in [1.807, 2.05) is 41.3 Å². The number of benzene rings is 2. The van der Waals surface area contributed by atoms with Gasteiger partial charge in [-0.1, -0.05) is 60.7 Å². The van der Waals surface area contributed by atoms with Gasteiger partial charge in [0.15, 0.2) is 0 Å². The zero-order chi connectivity index (χ0) is 15.2. The molecule has 0 unspecified atom stereocenters. The van der Waals surface area contributed by atoms with Crippen LogP contribution in [0.15, 0.2) is 60.7 Å². The first kappa shape index (κ1) is 14.8. The minimum atomic E-state index is -0.0577. The van der Waals surface area contributed by atoms with Gasteiger partial charge in [0, 0.05) is 19.6 Å². The summed E-state index contributed by atoms with van der Waals surface area (Å²) in [4.78, 5) is 14.6. The van der Waals surface area contributed by atoms with Gasteiger partial charge in [-0.15, -0.1) is 0 Å². The molecule has 3 nitrogen and oxygen atoms in total. The van der Waals surface area contributed by atoms with Crippen LogP contribution in [0.4, 0.5) is 0 Å². The molecule has 1 aliphatic heterocycles. The Bertz CT molecular complexity index is 597. The molecule has 1 amide bonds. The van der Waals surface area contributed by atoms with Crippen molar-refractivity contribution in [2.24, 2.45) is 0 Å². The monoisotopic (exact) mass is 294 g/mol. The molecule has 1 fully saturated rings. The van der Waals surface area contributed by atoms with Crippen molar-refractivity contribution in [3.63, 3.8) is 0 Å². The average Bonchev–Trinajstić information content (AvgIpc) is 2.58. The minimum absolute atomic E-state index is 0.0577. The van der Waals surface area contributed by atoms with E-state index < -0.39 is 0 Å². The SMILES string of the molecule is O=C1[C@H](CCc2ccccc2)NCCN1Cc1ccccc1. The summed E-state index contributed by atoms with van der Waals surface area (Å²) >= 11 is 0. The van der Waals surface area contributed by atoms with Crippen LogP contribution in [0.5, 0.6) is 0 Å². The highest BCUT2D eigenvalue weighted by atomic mass is 16.2. The first-order chi connectivity index (χ1) is 10.8. The number of hydrogen-bond donors (Lipinski definition) is 1. The highest BCUT2D eigenvalue weighted by Gasteiger charge is 2.27. The molecule has 1 heterocycles. The van der Waals surface area contributed by atoms with Crippen molar-refractivity contribution >= 4 is 5.91 Å². The summed E-state index contributed by atoms with van der Waals surface area (Å²) < 4.78 is 0. The van der Waals surface area contributed by atoms with E-state index in [0.717, 1.165) is 25.9 Å². The van der Waals surface area contributed by atoms with E-state index >= 15 is 0 Å². The Morgan fingerprint density at radius 1 is 0.955 bits per heavy atom. The van der Waals surface area contributed by atoms with Crippen LogP contribution >= 0.6 is 0 Å². The molecule has 0 aromatic heterocycles. The Hall–Kier alpha value is -2.13. The van der Waals surface area contributed by atoms with E-state index in [4.69, 9.17) is 0 Å². The quantitative estimate of drug-likeness (QED) is 0.919. The molecule has 114 valence electrons. The maximum absolute atomic E-state index is 12.6. The number of amides is 1. The Morgan fingerprint density at radius 3 is 2.27 bits per heavy atom. The summed E-state index contributed by atoms with van der Waals surface area (Å²) in [6, 6.07) is 20.5. The van der Waals surface area contributed by atoms with Gasteiger partial charge in [-0.3, -0.25) is 4.79 Å². The van der Waals surface area contributed by atoms with Gasteiger partial charge in [-0.2, -0.15) is 0 Å². The second-order valence-corrected chi connectivity index (χ2v) is 5.78. The van der Waals surface area contributed by atoms with Crippen LogP contribution in [0.1, 0.15) is 17.5 Å². The third kappa shape index (κ3) is 3.74. The van der Waals surface area contributed by atoms with Crippen LogP contribution in [0.3, 0.4) is 0 Å². The van der Waals surface area contributed by atoms with Crippen LogP contribution < -0.4 is 5.32 Å². The average molecular weight is 294 g/mol. The maximum Gasteiger partial charge on any atom is 0.240 e. The van der Waals surface area contributed by atoms with Gasteiger partial charge in [0.05, 0.1) is 6.04 Å². The van der Waals surface area contributed by atoms with E-state index in [9.17, 15) is 4.79 Å². The van der Waals surface area contributed by atoms with E-state index in [1.165, 1.54) is 11.1 Å². The maximum atomic E-state index is 12.6.